The van der Waals surface area contributed by atoms with Crippen molar-refractivity contribution in [2.24, 2.45) is 0 Å². The summed E-state index contributed by atoms with van der Waals surface area (Å²) in [6.07, 6.45) is 4.91. The van der Waals surface area contributed by atoms with Gasteiger partial charge in [-0.25, -0.2) is 0 Å². The summed E-state index contributed by atoms with van der Waals surface area (Å²) in [5.41, 5.74) is 2.94. The Labute approximate surface area is 220 Å². The number of hydrogen-bond acceptors (Lipinski definition) is 6. The van der Waals surface area contributed by atoms with Crippen molar-refractivity contribution in [3.8, 4) is 11.5 Å². The molecule has 4 rings (SSSR count). The summed E-state index contributed by atoms with van der Waals surface area (Å²) in [7, 11) is 1.60. The number of carbonyl (C=O) groups is 2. The number of aromatic nitrogens is 1. The lowest BCUT2D eigenvalue weighted by atomic mass is 10.1. The van der Waals surface area contributed by atoms with E-state index in [0.717, 1.165) is 27.9 Å². The van der Waals surface area contributed by atoms with E-state index in [4.69, 9.17) is 21.1 Å². The molecular weight excluding hydrogens is 490 g/mol. The molecule has 1 amide bonds. The molecule has 0 saturated heterocycles. The van der Waals surface area contributed by atoms with E-state index in [1.165, 1.54) is 6.08 Å². The van der Waals surface area contributed by atoms with Crippen LogP contribution in [0.3, 0.4) is 0 Å². The van der Waals surface area contributed by atoms with Crippen LogP contribution in [0.15, 0.2) is 85.1 Å². The van der Waals surface area contributed by atoms with Gasteiger partial charge in [-0.2, -0.15) is 0 Å². The number of anilines is 1. The Morgan fingerprint density at radius 1 is 1.00 bits per heavy atom. The van der Waals surface area contributed by atoms with Gasteiger partial charge in [0.1, 0.15) is 11.5 Å². The summed E-state index contributed by atoms with van der Waals surface area (Å²) in [5, 5.41) is 7.68. The molecule has 0 unspecified atom stereocenters. The van der Waals surface area contributed by atoms with Gasteiger partial charge in [-0.3, -0.25) is 14.6 Å². The normalized spacial score (nSPS) is 10.9. The third-order valence-corrected chi connectivity index (χ3v) is 5.76. The van der Waals surface area contributed by atoms with E-state index in [-0.39, 0.29) is 18.3 Å². The molecule has 1 aromatic heterocycles. The van der Waals surface area contributed by atoms with Crippen LogP contribution in [-0.4, -0.2) is 43.5 Å². The fourth-order valence-corrected chi connectivity index (χ4v) is 3.81. The number of ether oxygens (including phenoxy) is 2. The highest BCUT2D eigenvalue weighted by Gasteiger charge is 2.11. The zero-order valence-electron chi connectivity index (χ0n) is 20.2. The van der Waals surface area contributed by atoms with Crippen LogP contribution in [0.1, 0.15) is 15.9 Å². The molecule has 0 saturated carbocycles. The topological polar surface area (TPSA) is 89.5 Å². The van der Waals surface area contributed by atoms with E-state index in [1.807, 2.05) is 42.5 Å². The molecule has 3 aromatic carbocycles. The standard InChI is InChI=1S/C29H26ClN3O4/c1-36-22-10-6-20(7-11-22)8-13-27(34)24-4-2-3-5-28(24)37-19-29(35)33-17-16-32-25-14-15-31-26-18-21(30)9-12-23(25)26/h2-15,18H,16-17,19H2,1H3,(H,31,32)(H,33,35)/b13-8+. The number of pyridine rings is 1. The molecule has 8 heteroatoms. The molecule has 0 aliphatic heterocycles. The number of amides is 1. The first-order valence-corrected chi connectivity index (χ1v) is 12.0. The first-order chi connectivity index (χ1) is 18.0. The largest absolute Gasteiger partial charge is 0.497 e. The van der Waals surface area contributed by atoms with Crippen LogP contribution in [-0.2, 0) is 4.79 Å². The molecule has 0 aliphatic rings. The van der Waals surface area contributed by atoms with Gasteiger partial charge in [0.15, 0.2) is 12.4 Å². The highest BCUT2D eigenvalue weighted by molar-refractivity contribution is 6.31. The van der Waals surface area contributed by atoms with Gasteiger partial charge in [-0.15, -0.1) is 0 Å². The minimum atomic E-state index is -0.288. The number of halogens is 1. The molecule has 7 nitrogen and oxygen atoms in total. The minimum absolute atomic E-state index is 0.205. The summed E-state index contributed by atoms with van der Waals surface area (Å²) < 4.78 is 10.8. The lowest BCUT2D eigenvalue weighted by Gasteiger charge is -2.12. The summed E-state index contributed by atoms with van der Waals surface area (Å²) in [4.78, 5) is 29.4. The van der Waals surface area contributed by atoms with Gasteiger partial charge in [0, 0.05) is 35.4 Å². The summed E-state index contributed by atoms with van der Waals surface area (Å²) in [5.74, 6) is 0.584. The predicted octanol–water partition coefficient (Wildman–Crippen LogP) is 5.40. The third kappa shape index (κ3) is 7.08. The smallest absolute Gasteiger partial charge is 0.258 e. The fourth-order valence-electron chi connectivity index (χ4n) is 3.64. The minimum Gasteiger partial charge on any atom is -0.497 e. The number of ketones is 1. The second kappa shape index (κ2) is 12.6. The Morgan fingerprint density at radius 2 is 1.81 bits per heavy atom. The quantitative estimate of drug-likeness (QED) is 0.158. The molecule has 0 aliphatic carbocycles. The highest BCUT2D eigenvalue weighted by atomic mass is 35.5. The van der Waals surface area contributed by atoms with Gasteiger partial charge in [0.2, 0.25) is 0 Å². The second-order valence-corrected chi connectivity index (χ2v) is 8.49. The summed E-state index contributed by atoms with van der Waals surface area (Å²) >= 11 is 6.04. The van der Waals surface area contributed by atoms with Gasteiger partial charge < -0.3 is 20.1 Å². The monoisotopic (exact) mass is 515 g/mol. The van der Waals surface area contributed by atoms with Crippen molar-refractivity contribution in [1.82, 2.24) is 10.3 Å². The number of methoxy groups -OCH3 is 1. The molecule has 2 N–H and O–H groups in total. The van der Waals surface area contributed by atoms with Gasteiger partial charge in [-0.1, -0.05) is 41.9 Å². The van der Waals surface area contributed by atoms with Crippen LogP contribution in [0.5, 0.6) is 11.5 Å². The van der Waals surface area contributed by atoms with Crippen molar-refractivity contribution in [2.45, 2.75) is 0 Å². The maximum Gasteiger partial charge on any atom is 0.258 e. The summed E-state index contributed by atoms with van der Waals surface area (Å²) in [6, 6.07) is 21.6. The molecule has 0 fully saturated rings. The van der Waals surface area contributed by atoms with Crippen molar-refractivity contribution >= 4 is 46.0 Å². The summed E-state index contributed by atoms with van der Waals surface area (Å²) in [6.45, 7) is 0.701. The molecule has 0 atom stereocenters. The van der Waals surface area contributed by atoms with Gasteiger partial charge in [0.05, 0.1) is 18.2 Å². The van der Waals surface area contributed by atoms with Crippen molar-refractivity contribution in [2.75, 3.05) is 32.1 Å². The maximum absolute atomic E-state index is 12.8. The first kappa shape index (κ1) is 25.7. The number of hydrogen-bond donors (Lipinski definition) is 2. The van der Waals surface area contributed by atoms with E-state index in [9.17, 15) is 9.59 Å². The number of para-hydroxylation sites is 1. The SMILES string of the molecule is COc1ccc(/C=C/C(=O)c2ccccc2OCC(=O)NCCNc2ccnc3cc(Cl)ccc23)cc1. The Bertz CT molecular complexity index is 1420. The van der Waals surface area contributed by atoms with E-state index >= 15 is 0 Å². The zero-order valence-corrected chi connectivity index (χ0v) is 21.0. The molecule has 0 spiro atoms. The van der Waals surface area contributed by atoms with Crippen LogP contribution in [0.25, 0.3) is 17.0 Å². The van der Waals surface area contributed by atoms with Crippen LogP contribution in [0, 0.1) is 0 Å². The lowest BCUT2D eigenvalue weighted by molar-refractivity contribution is -0.123. The molecular formula is C29H26ClN3O4. The molecule has 1 heterocycles. The first-order valence-electron chi connectivity index (χ1n) is 11.7. The van der Waals surface area contributed by atoms with Gasteiger partial charge in [0.25, 0.3) is 5.91 Å². The van der Waals surface area contributed by atoms with Crippen molar-refractivity contribution < 1.29 is 19.1 Å². The van der Waals surface area contributed by atoms with Crippen LogP contribution < -0.4 is 20.1 Å². The van der Waals surface area contributed by atoms with E-state index in [2.05, 4.69) is 15.6 Å². The van der Waals surface area contributed by atoms with Crippen LogP contribution in [0.4, 0.5) is 5.69 Å². The average molecular weight is 516 g/mol. The maximum atomic E-state index is 12.8. The number of nitrogens with one attached hydrogen (secondary N) is 2. The molecule has 37 heavy (non-hydrogen) atoms. The van der Waals surface area contributed by atoms with Crippen molar-refractivity contribution in [3.05, 3.63) is 101 Å². The second-order valence-electron chi connectivity index (χ2n) is 8.05. The van der Waals surface area contributed by atoms with Gasteiger partial charge >= 0.3 is 0 Å². The van der Waals surface area contributed by atoms with Gasteiger partial charge in [-0.05, 0) is 60.2 Å². The Kier molecular flexibility index (Phi) is 8.73. The molecule has 4 aromatic rings. The number of rotatable bonds is 11. The highest BCUT2D eigenvalue weighted by Crippen LogP contribution is 2.24. The Balaban J connectivity index is 1.26. The number of allylic oxidation sites excluding steroid dienone is 1. The number of carbonyl (C=O) groups excluding carboxylic acids is 2. The predicted molar refractivity (Wildman–Crippen MR) is 147 cm³/mol. The molecule has 0 radical (unpaired) electrons. The Morgan fingerprint density at radius 3 is 2.62 bits per heavy atom. The molecule has 0 bridgehead atoms. The number of benzene rings is 3. The Hall–Kier alpha value is -4.36. The molecule has 188 valence electrons. The van der Waals surface area contributed by atoms with E-state index in [0.29, 0.717) is 29.4 Å². The fraction of sp³-hybridized carbons (Fsp3) is 0.138. The number of nitrogens with zero attached hydrogens (tertiary/aromatic N) is 1. The third-order valence-electron chi connectivity index (χ3n) is 5.52. The number of fused-ring (bicyclic) bond motifs is 1. The van der Waals surface area contributed by atoms with Crippen LogP contribution >= 0.6 is 11.6 Å². The average Bonchev–Trinajstić information content (AvgIpc) is 2.93. The van der Waals surface area contributed by atoms with Crippen LogP contribution in [0.2, 0.25) is 5.02 Å². The van der Waals surface area contributed by atoms with Crippen molar-refractivity contribution in [1.29, 1.82) is 0 Å². The van der Waals surface area contributed by atoms with E-state index < -0.39 is 0 Å². The van der Waals surface area contributed by atoms with Crippen molar-refractivity contribution in [3.63, 3.8) is 0 Å². The van der Waals surface area contributed by atoms with E-state index in [1.54, 1.807) is 49.7 Å². The zero-order chi connectivity index (χ0) is 26.0. The lowest BCUT2D eigenvalue weighted by Crippen LogP contribution is -2.32.